The van der Waals surface area contributed by atoms with Crippen molar-refractivity contribution in [3.05, 3.63) is 35.9 Å². The molecule has 0 aliphatic carbocycles. The molecule has 16 heavy (non-hydrogen) atoms. The van der Waals surface area contributed by atoms with E-state index in [4.69, 9.17) is 5.11 Å². The van der Waals surface area contributed by atoms with E-state index >= 15 is 0 Å². The van der Waals surface area contributed by atoms with Crippen molar-refractivity contribution in [2.24, 2.45) is 5.41 Å². The Bertz CT molecular complexity index is 329. The molecule has 2 unspecified atom stereocenters. The van der Waals surface area contributed by atoms with Gasteiger partial charge in [0.2, 0.25) is 0 Å². The summed E-state index contributed by atoms with van der Waals surface area (Å²) in [6.07, 6.45) is -1.20. The Balaban J connectivity index is 3.26. The molecule has 0 aliphatic rings. The smallest absolute Gasteiger partial charge is 0.122 e. The van der Waals surface area contributed by atoms with Crippen LogP contribution in [0.5, 0.6) is 0 Å². The van der Waals surface area contributed by atoms with Crippen molar-refractivity contribution < 1.29 is 15.3 Å². The number of hydrogen-bond donors (Lipinski definition) is 3. The second kappa shape index (κ2) is 4.53. The summed E-state index contributed by atoms with van der Waals surface area (Å²) in [5, 5.41) is 29.6. The SMILES string of the molecule is CC(C)(C)C(O)(c1ccccc1)C(O)CO. The summed E-state index contributed by atoms with van der Waals surface area (Å²) in [5.74, 6) is 0. The minimum Gasteiger partial charge on any atom is -0.394 e. The first-order valence-corrected chi connectivity index (χ1v) is 5.41. The third-order valence-corrected chi connectivity index (χ3v) is 3.01. The molecule has 0 heterocycles. The van der Waals surface area contributed by atoms with E-state index in [-0.39, 0.29) is 0 Å². The topological polar surface area (TPSA) is 60.7 Å². The third kappa shape index (κ3) is 2.12. The zero-order chi connectivity index (χ0) is 12.4. The summed E-state index contributed by atoms with van der Waals surface area (Å²) >= 11 is 0. The van der Waals surface area contributed by atoms with Crippen molar-refractivity contribution >= 4 is 0 Å². The van der Waals surface area contributed by atoms with Gasteiger partial charge in [-0.05, 0) is 11.0 Å². The van der Waals surface area contributed by atoms with Crippen LogP contribution < -0.4 is 0 Å². The third-order valence-electron chi connectivity index (χ3n) is 3.01. The van der Waals surface area contributed by atoms with Gasteiger partial charge in [-0.3, -0.25) is 0 Å². The fourth-order valence-electron chi connectivity index (χ4n) is 1.95. The molecule has 0 saturated heterocycles. The van der Waals surface area contributed by atoms with E-state index < -0.39 is 23.7 Å². The van der Waals surface area contributed by atoms with Crippen LogP contribution in [0.2, 0.25) is 0 Å². The van der Waals surface area contributed by atoms with Crippen LogP contribution in [0.25, 0.3) is 0 Å². The molecule has 1 aromatic carbocycles. The molecular formula is C13H20O3. The number of benzene rings is 1. The number of rotatable bonds is 3. The Morgan fingerprint density at radius 3 is 2.00 bits per heavy atom. The Hall–Kier alpha value is -0.900. The molecule has 0 fully saturated rings. The average Bonchev–Trinajstić information content (AvgIpc) is 2.26. The van der Waals surface area contributed by atoms with Gasteiger partial charge in [0.15, 0.2) is 0 Å². The van der Waals surface area contributed by atoms with Gasteiger partial charge in [-0.1, -0.05) is 51.1 Å². The minimum atomic E-state index is -1.46. The van der Waals surface area contributed by atoms with Gasteiger partial charge < -0.3 is 15.3 Å². The lowest BCUT2D eigenvalue weighted by Crippen LogP contribution is -2.51. The Morgan fingerprint density at radius 1 is 1.12 bits per heavy atom. The van der Waals surface area contributed by atoms with Crippen molar-refractivity contribution in [3.63, 3.8) is 0 Å². The number of hydrogen-bond acceptors (Lipinski definition) is 3. The molecule has 2 atom stereocenters. The average molecular weight is 224 g/mol. The standard InChI is InChI=1S/C13H20O3/c1-12(2,3)13(16,11(15)9-14)10-7-5-4-6-8-10/h4-8,11,14-16H,9H2,1-3H3. The van der Waals surface area contributed by atoms with E-state index in [2.05, 4.69) is 0 Å². The van der Waals surface area contributed by atoms with Gasteiger partial charge in [0.25, 0.3) is 0 Å². The summed E-state index contributed by atoms with van der Waals surface area (Å²) in [7, 11) is 0. The van der Waals surface area contributed by atoms with Crippen LogP contribution in [0.1, 0.15) is 26.3 Å². The van der Waals surface area contributed by atoms with Gasteiger partial charge in [-0.2, -0.15) is 0 Å². The predicted molar refractivity (Wildman–Crippen MR) is 62.9 cm³/mol. The van der Waals surface area contributed by atoms with Gasteiger partial charge in [0.05, 0.1) is 6.61 Å². The van der Waals surface area contributed by atoms with Crippen LogP contribution in [0.3, 0.4) is 0 Å². The van der Waals surface area contributed by atoms with Crippen LogP contribution in [0.4, 0.5) is 0 Å². The molecule has 1 aromatic rings. The van der Waals surface area contributed by atoms with E-state index in [1.165, 1.54) is 0 Å². The first-order chi connectivity index (χ1) is 7.34. The molecule has 1 rings (SSSR count). The fourth-order valence-corrected chi connectivity index (χ4v) is 1.95. The molecule has 0 bridgehead atoms. The van der Waals surface area contributed by atoms with Crippen molar-refractivity contribution in [3.8, 4) is 0 Å². The monoisotopic (exact) mass is 224 g/mol. The summed E-state index contributed by atoms with van der Waals surface area (Å²) in [4.78, 5) is 0. The van der Waals surface area contributed by atoms with Gasteiger partial charge in [0.1, 0.15) is 11.7 Å². The second-order valence-corrected chi connectivity index (χ2v) is 5.08. The van der Waals surface area contributed by atoms with E-state index in [9.17, 15) is 10.2 Å². The molecule has 90 valence electrons. The highest BCUT2D eigenvalue weighted by atomic mass is 16.4. The molecule has 0 spiro atoms. The van der Waals surface area contributed by atoms with Crippen molar-refractivity contribution in [2.45, 2.75) is 32.5 Å². The van der Waals surface area contributed by atoms with Crippen LogP contribution in [0.15, 0.2) is 30.3 Å². The largest absolute Gasteiger partial charge is 0.394 e. The maximum absolute atomic E-state index is 10.7. The molecule has 0 amide bonds. The van der Waals surface area contributed by atoms with Gasteiger partial charge in [-0.25, -0.2) is 0 Å². The fraction of sp³-hybridized carbons (Fsp3) is 0.538. The zero-order valence-corrected chi connectivity index (χ0v) is 10.0. The van der Waals surface area contributed by atoms with Crippen molar-refractivity contribution in [2.75, 3.05) is 6.61 Å². The molecule has 0 aliphatic heterocycles. The molecule has 0 saturated carbocycles. The Labute approximate surface area is 96.4 Å². The second-order valence-electron chi connectivity index (χ2n) is 5.08. The van der Waals surface area contributed by atoms with Gasteiger partial charge in [-0.15, -0.1) is 0 Å². The summed E-state index contributed by atoms with van der Waals surface area (Å²) in [5.41, 5.74) is -1.41. The van der Waals surface area contributed by atoms with Crippen LogP contribution >= 0.6 is 0 Å². The van der Waals surface area contributed by atoms with Gasteiger partial charge >= 0.3 is 0 Å². The lowest BCUT2D eigenvalue weighted by atomic mass is 9.69. The minimum absolute atomic E-state index is 0.470. The summed E-state index contributed by atoms with van der Waals surface area (Å²) < 4.78 is 0. The maximum Gasteiger partial charge on any atom is 0.122 e. The lowest BCUT2D eigenvalue weighted by molar-refractivity contribution is -0.162. The highest BCUT2D eigenvalue weighted by molar-refractivity contribution is 5.26. The number of aliphatic hydroxyl groups is 3. The van der Waals surface area contributed by atoms with E-state index in [1.54, 1.807) is 24.3 Å². The molecule has 3 N–H and O–H groups in total. The van der Waals surface area contributed by atoms with Crippen LogP contribution in [0, 0.1) is 5.41 Å². The summed E-state index contributed by atoms with van der Waals surface area (Å²) in [6.45, 7) is 5.03. The van der Waals surface area contributed by atoms with Gasteiger partial charge in [0, 0.05) is 0 Å². The molecule has 0 aromatic heterocycles. The van der Waals surface area contributed by atoms with E-state index in [0.717, 1.165) is 0 Å². The van der Waals surface area contributed by atoms with Crippen molar-refractivity contribution in [1.29, 1.82) is 0 Å². The Morgan fingerprint density at radius 2 is 1.62 bits per heavy atom. The molecule has 0 radical (unpaired) electrons. The lowest BCUT2D eigenvalue weighted by Gasteiger charge is -2.43. The van der Waals surface area contributed by atoms with Crippen LogP contribution in [-0.4, -0.2) is 28.0 Å². The highest BCUT2D eigenvalue weighted by Gasteiger charge is 2.47. The first kappa shape index (κ1) is 13.2. The first-order valence-electron chi connectivity index (χ1n) is 5.41. The Kier molecular flexibility index (Phi) is 3.73. The van der Waals surface area contributed by atoms with E-state index in [1.807, 2.05) is 26.8 Å². The predicted octanol–water partition coefficient (Wildman–Crippen LogP) is 1.27. The highest BCUT2D eigenvalue weighted by Crippen LogP contribution is 2.41. The molecular weight excluding hydrogens is 204 g/mol. The van der Waals surface area contributed by atoms with E-state index in [0.29, 0.717) is 5.56 Å². The maximum atomic E-state index is 10.7. The summed E-state index contributed by atoms with van der Waals surface area (Å²) in [6, 6.07) is 8.96. The zero-order valence-electron chi connectivity index (χ0n) is 10.0. The number of aliphatic hydroxyl groups excluding tert-OH is 2. The molecule has 3 heteroatoms. The molecule has 3 nitrogen and oxygen atoms in total. The quantitative estimate of drug-likeness (QED) is 0.724. The normalized spacial score (nSPS) is 17.9. The van der Waals surface area contributed by atoms with Crippen LogP contribution in [-0.2, 0) is 5.60 Å². The van der Waals surface area contributed by atoms with Crippen molar-refractivity contribution in [1.82, 2.24) is 0 Å².